The topological polar surface area (TPSA) is 54.7 Å². The van der Waals surface area contributed by atoms with E-state index in [1.807, 2.05) is 0 Å². The molecule has 2 aromatic rings. The molecule has 1 aliphatic rings. The van der Waals surface area contributed by atoms with Crippen molar-refractivity contribution in [2.45, 2.75) is 19.1 Å². The van der Waals surface area contributed by atoms with E-state index in [0.29, 0.717) is 10.4 Å². The van der Waals surface area contributed by atoms with Crippen LogP contribution in [0.3, 0.4) is 0 Å². The number of nitrogens with zero attached hydrogens (tertiary/aromatic N) is 3. The number of hydrogen-bond acceptors (Lipinski definition) is 3. The van der Waals surface area contributed by atoms with Gasteiger partial charge >= 0.3 is 6.18 Å². The number of halogens is 3. The average molecular weight is 383 g/mol. The molecule has 0 bridgehead atoms. The number of thiazole rings is 1. The number of rotatable bonds is 3. The predicted molar refractivity (Wildman–Crippen MR) is 88.8 cm³/mol. The van der Waals surface area contributed by atoms with Gasteiger partial charge in [0.15, 0.2) is 4.80 Å². The highest BCUT2D eigenvalue weighted by Gasteiger charge is 2.35. The highest BCUT2D eigenvalue weighted by atomic mass is 32.1. The van der Waals surface area contributed by atoms with Crippen molar-refractivity contribution in [3.8, 4) is 0 Å². The van der Waals surface area contributed by atoms with Crippen molar-refractivity contribution in [3.63, 3.8) is 0 Å². The molecule has 5 nitrogen and oxygen atoms in total. The molecule has 3 rings (SSSR count). The summed E-state index contributed by atoms with van der Waals surface area (Å²) in [7, 11) is 1.77. The van der Waals surface area contributed by atoms with Gasteiger partial charge in [-0.05, 0) is 17.7 Å². The lowest BCUT2D eigenvalue weighted by Crippen LogP contribution is -2.26. The van der Waals surface area contributed by atoms with Crippen molar-refractivity contribution in [2.75, 3.05) is 6.54 Å². The quantitative estimate of drug-likeness (QED) is 0.818. The molecule has 1 saturated heterocycles. The second kappa shape index (κ2) is 7.06. The SMILES string of the molecule is Cn1ccsc1=NC(=O)C1CC(=O)N(Cc2cccc(C(F)(F)F)c2)C1. The maximum absolute atomic E-state index is 12.8. The Bertz CT molecular complexity index is 901. The van der Waals surface area contributed by atoms with E-state index in [1.165, 1.54) is 28.4 Å². The number of carbonyl (C=O) groups is 2. The van der Waals surface area contributed by atoms with Gasteiger partial charge < -0.3 is 9.47 Å². The van der Waals surface area contributed by atoms with Crippen LogP contribution in [0.25, 0.3) is 0 Å². The van der Waals surface area contributed by atoms with E-state index >= 15 is 0 Å². The Morgan fingerprint density at radius 1 is 1.38 bits per heavy atom. The summed E-state index contributed by atoms with van der Waals surface area (Å²) in [6, 6.07) is 4.86. The van der Waals surface area contributed by atoms with Crippen LogP contribution in [0.15, 0.2) is 40.8 Å². The molecular formula is C17H16F3N3O2S. The van der Waals surface area contributed by atoms with Crippen molar-refractivity contribution in [2.24, 2.45) is 18.0 Å². The standard InChI is InChI=1S/C17H16F3N3O2S/c1-22-5-6-26-16(22)21-15(25)12-8-14(24)23(10-12)9-11-3-2-4-13(7-11)17(18,19)20/h2-7,12H,8-10H2,1H3. The van der Waals surface area contributed by atoms with Crippen LogP contribution in [0.1, 0.15) is 17.5 Å². The van der Waals surface area contributed by atoms with Crippen LogP contribution in [-0.4, -0.2) is 27.8 Å². The first-order chi connectivity index (χ1) is 12.2. The Kier molecular flexibility index (Phi) is 4.99. The maximum atomic E-state index is 12.8. The monoisotopic (exact) mass is 383 g/mol. The maximum Gasteiger partial charge on any atom is 0.416 e. The largest absolute Gasteiger partial charge is 0.416 e. The molecule has 2 heterocycles. The Balaban J connectivity index is 1.71. The van der Waals surface area contributed by atoms with Crippen molar-refractivity contribution < 1.29 is 22.8 Å². The van der Waals surface area contributed by atoms with Crippen molar-refractivity contribution in [3.05, 3.63) is 51.8 Å². The zero-order valence-electron chi connectivity index (χ0n) is 13.9. The summed E-state index contributed by atoms with van der Waals surface area (Å²) in [5, 5.41) is 1.80. The summed E-state index contributed by atoms with van der Waals surface area (Å²) in [4.78, 5) is 30.4. The Morgan fingerprint density at radius 3 is 2.81 bits per heavy atom. The number of amides is 2. The van der Waals surface area contributed by atoms with Gasteiger partial charge in [-0.25, -0.2) is 0 Å². The molecule has 1 aliphatic heterocycles. The minimum Gasteiger partial charge on any atom is -0.338 e. The zero-order chi connectivity index (χ0) is 18.9. The van der Waals surface area contributed by atoms with E-state index in [1.54, 1.807) is 23.2 Å². The summed E-state index contributed by atoms with van der Waals surface area (Å²) in [5.74, 6) is -1.22. The van der Waals surface area contributed by atoms with Gasteiger partial charge in [0.2, 0.25) is 5.91 Å². The van der Waals surface area contributed by atoms with E-state index in [-0.39, 0.29) is 31.3 Å². The molecule has 1 aromatic heterocycles. The van der Waals surface area contributed by atoms with Gasteiger partial charge in [0, 0.05) is 38.1 Å². The van der Waals surface area contributed by atoms with E-state index < -0.39 is 17.7 Å². The van der Waals surface area contributed by atoms with Crippen LogP contribution >= 0.6 is 11.3 Å². The smallest absolute Gasteiger partial charge is 0.338 e. The zero-order valence-corrected chi connectivity index (χ0v) is 14.7. The van der Waals surface area contributed by atoms with E-state index in [2.05, 4.69) is 4.99 Å². The first-order valence-corrected chi connectivity index (χ1v) is 8.74. The number of aromatic nitrogens is 1. The van der Waals surface area contributed by atoms with Crippen molar-refractivity contribution in [1.29, 1.82) is 0 Å². The number of alkyl halides is 3. The van der Waals surface area contributed by atoms with Gasteiger partial charge in [-0.3, -0.25) is 9.59 Å². The molecule has 2 amide bonds. The molecule has 1 fully saturated rings. The lowest BCUT2D eigenvalue weighted by molar-refractivity contribution is -0.137. The van der Waals surface area contributed by atoms with Crippen molar-refractivity contribution >= 4 is 23.2 Å². The Labute approximate surface area is 151 Å². The summed E-state index contributed by atoms with van der Waals surface area (Å²) in [6.45, 7) is 0.200. The molecule has 9 heteroatoms. The van der Waals surface area contributed by atoms with Crippen LogP contribution in [0.2, 0.25) is 0 Å². The van der Waals surface area contributed by atoms with Gasteiger partial charge in [0.25, 0.3) is 5.91 Å². The van der Waals surface area contributed by atoms with Crippen LogP contribution in [-0.2, 0) is 29.4 Å². The Morgan fingerprint density at radius 2 is 2.15 bits per heavy atom. The molecule has 1 atom stereocenters. The lowest BCUT2D eigenvalue weighted by atomic mass is 10.1. The fourth-order valence-corrected chi connectivity index (χ4v) is 3.51. The molecule has 138 valence electrons. The fraction of sp³-hybridized carbons (Fsp3) is 0.353. The number of aryl methyl sites for hydroxylation is 1. The second-order valence-corrected chi connectivity index (χ2v) is 6.99. The summed E-state index contributed by atoms with van der Waals surface area (Å²) < 4.78 is 40.1. The van der Waals surface area contributed by atoms with Crippen LogP contribution in [0.4, 0.5) is 13.2 Å². The van der Waals surface area contributed by atoms with Gasteiger partial charge in [-0.1, -0.05) is 12.1 Å². The number of hydrogen-bond donors (Lipinski definition) is 0. The minimum atomic E-state index is -4.43. The molecule has 0 radical (unpaired) electrons. The third kappa shape index (κ3) is 4.04. The lowest BCUT2D eigenvalue weighted by Gasteiger charge is -2.17. The van der Waals surface area contributed by atoms with Gasteiger partial charge in [0.05, 0.1) is 11.5 Å². The highest BCUT2D eigenvalue weighted by molar-refractivity contribution is 7.07. The van der Waals surface area contributed by atoms with Crippen LogP contribution in [0.5, 0.6) is 0 Å². The summed E-state index contributed by atoms with van der Waals surface area (Å²) in [5.41, 5.74) is -0.377. The average Bonchev–Trinajstić information content (AvgIpc) is 3.13. The Hall–Kier alpha value is -2.42. The number of carbonyl (C=O) groups excluding carboxylic acids is 2. The summed E-state index contributed by atoms with van der Waals surface area (Å²) >= 11 is 1.32. The van der Waals surface area contributed by atoms with Crippen LogP contribution < -0.4 is 4.80 Å². The molecule has 0 saturated carbocycles. The van der Waals surface area contributed by atoms with E-state index in [0.717, 1.165) is 12.1 Å². The first-order valence-electron chi connectivity index (χ1n) is 7.86. The molecule has 26 heavy (non-hydrogen) atoms. The molecule has 1 aromatic carbocycles. The third-order valence-corrected chi connectivity index (χ3v) is 5.00. The first kappa shape index (κ1) is 18.4. The summed E-state index contributed by atoms with van der Waals surface area (Å²) in [6.07, 6.45) is -2.63. The third-order valence-electron chi connectivity index (χ3n) is 4.16. The van der Waals surface area contributed by atoms with Gasteiger partial charge in [0.1, 0.15) is 0 Å². The predicted octanol–water partition coefficient (Wildman–Crippen LogP) is 2.58. The molecule has 0 N–H and O–H groups in total. The molecule has 0 aliphatic carbocycles. The molecule has 0 spiro atoms. The highest BCUT2D eigenvalue weighted by Crippen LogP contribution is 2.30. The van der Waals surface area contributed by atoms with E-state index in [9.17, 15) is 22.8 Å². The van der Waals surface area contributed by atoms with E-state index in [4.69, 9.17) is 0 Å². The normalized spacial score (nSPS) is 18.6. The molecular weight excluding hydrogens is 367 g/mol. The fourth-order valence-electron chi connectivity index (χ4n) is 2.78. The van der Waals surface area contributed by atoms with Gasteiger partial charge in [-0.2, -0.15) is 18.2 Å². The number of likely N-dealkylation sites (tertiary alicyclic amines) is 1. The number of benzene rings is 1. The second-order valence-electron chi connectivity index (χ2n) is 6.12. The van der Waals surface area contributed by atoms with Gasteiger partial charge in [-0.15, -0.1) is 11.3 Å². The molecule has 1 unspecified atom stereocenters. The van der Waals surface area contributed by atoms with Crippen molar-refractivity contribution in [1.82, 2.24) is 9.47 Å². The minimum absolute atomic E-state index is 0.0242. The van der Waals surface area contributed by atoms with Crippen LogP contribution in [0, 0.1) is 5.92 Å².